The summed E-state index contributed by atoms with van der Waals surface area (Å²) in [5.41, 5.74) is 4.08. The molecule has 3 N–H and O–H groups in total. The molecular weight excluding hydrogens is 531 g/mol. The number of hydrogen-bond donors (Lipinski definition) is 3. The number of aryl methyl sites for hydroxylation is 1. The van der Waals surface area contributed by atoms with Gasteiger partial charge in [0.05, 0.1) is 29.3 Å². The first kappa shape index (κ1) is 21.2. The van der Waals surface area contributed by atoms with Gasteiger partial charge in [0.25, 0.3) is 5.91 Å². The van der Waals surface area contributed by atoms with Crippen LogP contribution in [0, 0.1) is 10.6 Å². The fraction of sp³-hybridized carbons (Fsp3) is 0.100. The molecule has 0 atom stereocenters. The normalized spacial score (nSPS) is 11.5. The highest BCUT2D eigenvalue weighted by atomic mass is 127. The third-order valence-electron chi connectivity index (χ3n) is 4.40. The van der Waals surface area contributed by atoms with Gasteiger partial charge in [-0.15, -0.1) is 0 Å². The number of carbonyl (C=O) groups is 1. The van der Waals surface area contributed by atoms with Crippen molar-refractivity contribution in [3.8, 4) is 11.1 Å². The number of carbonyl (C=O) groups excluding carboxylic acids is 1. The maximum Gasteiger partial charge on any atom is 0.274 e. The van der Waals surface area contributed by atoms with Crippen LogP contribution >= 0.6 is 22.6 Å². The Kier molecular flexibility index (Phi) is 5.62. The smallest absolute Gasteiger partial charge is 0.274 e. The summed E-state index contributed by atoms with van der Waals surface area (Å²) < 4.78 is 26.3. The Balaban J connectivity index is 1.76. The first-order chi connectivity index (χ1) is 14.7. The van der Waals surface area contributed by atoms with Gasteiger partial charge in [-0.3, -0.25) is 14.6 Å². The number of nitrogens with zero attached hydrogens (tertiary/aromatic N) is 3. The summed E-state index contributed by atoms with van der Waals surface area (Å²) in [6.07, 6.45) is 4.35. The van der Waals surface area contributed by atoms with Gasteiger partial charge in [0.1, 0.15) is 9.39 Å². The van der Waals surface area contributed by atoms with Crippen molar-refractivity contribution in [2.24, 2.45) is 0 Å². The van der Waals surface area contributed by atoms with E-state index in [1.165, 1.54) is 0 Å². The van der Waals surface area contributed by atoms with E-state index >= 15 is 0 Å². The lowest BCUT2D eigenvalue weighted by Crippen LogP contribution is -2.14. The molecule has 0 bridgehead atoms. The van der Waals surface area contributed by atoms with Gasteiger partial charge in [-0.2, -0.15) is 5.10 Å². The van der Waals surface area contributed by atoms with E-state index in [0.717, 1.165) is 22.9 Å². The van der Waals surface area contributed by atoms with Crippen LogP contribution in [0.2, 0.25) is 0 Å². The van der Waals surface area contributed by atoms with Crippen molar-refractivity contribution in [3.05, 3.63) is 63.9 Å². The predicted molar refractivity (Wildman–Crippen MR) is 127 cm³/mol. The summed E-state index contributed by atoms with van der Waals surface area (Å²) in [4.78, 5) is 21.3. The molecule has 0 spiro atoms. The van der Waals surface area contributed by atoms with E-state index in [-0.39, 0.29) is 5.91 Å². The molecule has 1 amide bonds. The van der Waals surface area contributed by atoms with Crippen molar-refractivity contribution in [1.29, 1.82) is 0 Å². The number of pyridine rings is 2. The molecular formula is C20H17IN6O3S. The van der Waals surface area contributed by atoms with Gasteiger partial charge >= 0.3 is 0 Å². The number of H-pyrrole nitrogens is 1. The van der Waals surface area contributed by atoms with Gasteiger partial charge in [0.15, 0.2) is 0 Å². The number of nitrogens with one attached hydrogen (secondary N) is 3. The van der Waals surface area contributed by atoms with E-state index < -0.39 is 10.0 Å². The van der Waals surface area contributed by atoms with Gasteiger partial charge in [0, 0.05) is 22.8 Å². The highest BCUT2D eigenvalue weighted by Crippen LogP contribution is 2.32. The topological polar surface area (TPSA) is 130 Å². The number of hydrogen-bond acceptors (Lipinski definition) is 6. The molecule has 0 aliphatic rings. The number of benzene rings is 1. The molecule has 4 rings (SSSR count). The van der Waals surface area contributed by atoms with Gasteiger partial charge in [-0.1, -0.05) is 6.07 Å². The first-order valence-corrected chi connectivity index (χ1v) is 12.0. The molecule has 1 aromatic carbocycles. The quantitative estimate of drug-likeness (QED) is 0.259. The minimum atomic E-state index is -3.46. The van der Waals surface area contributed by atoms with Crippen LogP contribution in [-0.2, 0) is 10.0 Å². The summed E-state index contributed by atoms with van der Waals surface area (Å²) in [6.45, 7) is 1.82. The number of anilines is 2. The second-order valence-corrected chi connectivity index (χ2v) is 9.68. The zero-order valence-electron chi connectivity index (χ0n) is 16.5. The van der Waals surface area contributed by atoms with Crippen LogP contribution in [0.15, 0.2) is 48.8 Å². The Morgan fingerprint density at radius 3 is 2.61 bits per heavy atom. The van der Waals surface area contributed by atoms with Crippen LogP contribution in [0.3, 0.4) is 0 Å². The van der Waals surface area contributed by atoms with Crippen molar-refractivity contribution in [2.45, 2.75) is 6.92 Å². The van der Waals surface area contributed by atoms with Crippen molar-refractivity contribution in [1.82, 2.24) is 20.2 Å². The SMILES string of the molecule is Cc1cccc(C(=O)Nc2cc(-c3cnc(I)c(NS(C)(=O)=O)c3)cc3[nH]ncc23)n1. The summed E-state index contributed by atoms with van der Waals surface area (Å²) in [5.74, 6) is -0.344. The fourth-order valence-corrected chi connectivity index (χ4v) is 4.22. The van der Waals surface area contributed by atoms with Gasteiger partial charge < -0.3 is 5.32 Å². The summed E-state index contributed by atoms with van der Waals surface area (Å²) >= 11 is 1.96. The molecule has 0 saturated carbocycles. The lowest BCUT2D eigenvalue weighted by Gasteiger charge is -2.11. The fourth-order valence-electron chi connectivity index (χ4n) is 3.05. The molecule has 0 saturated heterocycles. The number of amides is 1. The molecule has 9 nitrogen and oxygen atoms in total. The van der Waals surface area contributed by atoms with Gasteiger partial charge in [0.2, 0.25) is 10.0 Å². The average molecular weight is 548 g/mol. The zero-order chi connectivity index (χ0) is 22.2. The molecule has 0 unspecified atom stereocenters. The third kappa shape index (κ3) is 4.82. The molecule has 0 radical (unpaired) electrons. The molecule has 3 aromatic heterocycles. The minimum Gasteiger partial charge on any atom is -0.320 e. The van der Waals surface area contributed by atoms with E-state index in [0.29, 0.717) is 31.8 Å². The zero-order valence-corrected chi connectivity index (χ0v) is 19.4. The molecule has 11 heteroatoms. The largest absolute Gasteiger partial charge is 0.320 e. The minimum absolute atomic E-state index is 0.303. The molecule has 0 aliphatic heterocycles. The monoisotopic (exact) mass is 548 g/mol. The molecule has 158 valence electrons. The average Bonchev–Trinajstić information content (AvgIpc) is 3.17. The van der Waals surface area contributed by atoms with Gasteiger partial charge in [-0.25, -0.2) is 18.4 Å². The summed E-state index contributed by atoms with van der Waals surface area (Å²) in [6, 6.07) is 10.6. The van der Waals surface area contributed by atoms with E-state index in [2.05, 4.69) is 30.2 Å². The highest BCUT2D eigenvalue weighted by Gasteiger charge is 2.15. The Bertz CT molecular complexity index is 1420. The Morgan fingerprint density at radius 1 is 1.10 bits per heavy atom. The predicted octanol–water partition coefficient (Wildman–Crippen LogP) is 3.56. The van der Waals surface area contributed by atoms with Crippen molar-refractivity contribution in [2.75, 3.05) is 16.3 Å². The van der Waals surface area contributed by atoms with Crippen LogP contribution in [0.1, 0.15) is 16.2 Å². The van der Waals surface area contributed by atoms with E-state index in [4.69, 9.17) is 0 Å². The summed E-state index contributed by atoms with van der Waals surface area (Å²) in [7, 11) is -3.46. The standard InChI is InChI=1S/C20H17IN6O3S/c1-11-4-3-5-15(24-11)20(28)25-16-6-12(7-17-14(16)10-23-26-17)13-8-18(19(21)22-9-13)27-31(2,29)30/h3-10,27H,1-2H3,(H,23,26)(H,25,28). The van der Waals surface area contributed by atoms with Crippen LogP contribution in [0.4, 0.5) is 11.4 Å². The number of halogens is 1. The molecule has 31 heavy (non-hydrogen) atoms. The van der Waals surface area contributed by atoms with E-state index in [9.17, 15) is 13.2 Å². The number of aromatic amines is 1. The number of fused-ring (bicyclic) bond motifs is 1. The molecule has 0 aliphatic carbocycles. The summed E-state index contributed by atoms with van der Waals surface area (Å²) in [5, 5.41) is 10.6. The second-order valence-electron chi connectivity index (χ2n) is 6.91. The molecule has 3 heterocycles. The van der Waals surface area contributed by atoms with Crippen molar-refractivity contribution < 1.29 is 13.2 Å². The van der Waals surface area contributed by atoms with Crippen LogP contribution in [0.25, 0.3) is 22.0 Å². The number of sulfonamides is 1. The molecule has 4 aromatic rings. The maximum absolute atomic E-state index is 12.7. The molecule has 0 fully saturated rings. The first-order valence-electron chi connectivity index (χ1n) is 9.05. The second kappa shape index (κ2) is 8.23. The van der Waals surface area contributed by atoms with Crippen LogP contribution in [0.5, 0.6) is 0 Å². The Hall–Kier alpha value is -3.06. The van der Waals surface area contributed by atoms with Crippen molar-refractivity contribution >= 4 is 60.8 Å². The van der Waals surface area contributed by atoms with E-state index in [1.54, 1.807) is 36.7 Å². The van der Waals surface area contributed by atoms with E-state index in [1.807, 2.05) is 41.6 Å². The maximum atomic E-state index is 12.7. The van der Waals surface area contributed by atoms with Gasteiger partial charge in [-0.05, 0) is 65.4 Å². The van der Waals surface area contributed by atoms with Crippen molar-refractivity contribution in [3.63, 3.8) is 0 Å². The lowest BCUT2D eigenvalue weighted by molar-refractivity contribution is 0.102. The highest BCUT2D eigenvalue weighted by molar-refractivity contribution is 14.1. The third-order valence-corrected chi connectivity index (χ3v) is 5.85. The Morgan fingerprint density at radius 2 is 1.87 bits per heavy atom. The number of rotatable bonds is 5. The lowest BCUT2D eigenvalue weighted by atomic mass is 10.0. The number of aromatic nitrogens is 4. The van der Waals surface area contributed by atoms with Crippen LogP contribution < -0.4 is 10.0 Å². The van der Waals surface area contributed by atoms with Crippen LogP contribution in [-0.4, -0.2) is 40.7 Å². The Labute approximate surface area is 191 Å².